The van der Waals surface area contributed by atoms with Crippen LogP contribution in [0.4, 0.5) is 5.69 Å². The van der Waals surface area contributed by atoms with Crippen molar-refractivity contribution in [3.05, 3.63) is 86.0 Å². The summed E-state index contributed by atoms with van der Waals surface area (Å²) in [4.78, 5) is 13.2. The van der Waals surface area contributed by atoms with Crippen molar-refractivity contribution < 1.29 is 26.0 Å². The van der Waals surface area contributed by atoms with Crippen molar-refractivity contribution in [2.45, 2.75) is 30.1 Å². The van der Waals surface area contributed by atoms with Crippen LogP contribution in [0.15, 0.2) is 77.8 Å². The second-order valence-corrected chi connectivity index (χ2v) is 12.9. The molecule has 0 aliphatic rings. The number of sulfonamides is 2. The van der Waals surface area contributed by atoms with Gasteiger partial charge in [-0.05, 0) is 61.0 Å². The van der Waals surface area contributed by atoms with Gasteiger partial charge in [0.15, 0.2) is 5.78 Å². The van der Waals surface area contributed by atoms with E-state index >= 15 is 0 Å². The van der Waals surface area contributed by atoms with Crippen LogP contribution in [0.2, 0.25) is 0 Å². The van der Waals surface area contributed by atoms with E-state index < -0.39 is 20.0 Å². The van der Waals surface area contributed by atoms with Gasteiger partial charge in [-0.3, -0.25) is 9.52 Å². The topological polar surface area (TPSA) is 137 Å². The summed E-state index contributed by atoms with van der Waals surface area (Å²) in [6, 6.07) is 12.8. The molecule has 0 aliphatic heterocycles. The number of carbonyl (C=O) groups is 1. The SMILES string of the molecule is CCc1oc2cc(S(=O)(=O)Nc3ccc(S(N)(=O)=O)cc3)ccc2c1C(=O)c1cc(Br)c(C)c(Br)c1. The second kappa shape index (κ2) is 9.75. The molecular formula is C24H20Br2N2O6S2. The molecule has 0 amide bonds. The number of halogens is 2. The number of primary sulfonamides is 1. The first-order valence-electron chi connectivity index (χ1n) is 10.5. The zero-order valence-electron chi connectivity index (χ0n) is 19.0. The summed E-state index contributed by atoms with van der Waals surface area (Å²) in [7, 11) is -7.94. The van der Waals surface area contributed by atoms with E-state index in [4.69, 9.17) is 9.56 Å². The fourth-order valence-corrected chi connectivity index (χ4v) is 6.42. The molecule has 4 rings (SSSR count). The fraction of sp³-hybridized carbons (Fsp3) is 0.125. The Balaban J connectivity index is 1.72. The Bertz CT molecular complexity index is 1710. The molecule has 3 aromatic carbocycles. The van der Waals surface area contributed by atoms with E-state index in [1.807, 2.05) is 13.8 Å². The van der Waals surface area contributed by atoms with E-state index in [2.05, 4.69) is 36.6 Å². The van der Waals surface area contributed by atoms with Crippen LogP contribution in [0.3, 0.4) is 0 Å². The minimum Gasteiger partial charge on any atom is -0.460 e. The van der Waals surface area contributed by atoms with Gasteiger partial charge in [0.25, 0.3) is 10.0 Å². The summed E-state index contributed by atoms with van der Waals surface area (Å²) in [6.45, 7) is 3.76. The predicted molar refractivity (Wildman–Crippen MR) is 144 cm³/mol. The molecule has 0 bridgehead atoms. The van der Waals surface area contributed by atoms with Gasteiger partial charge < -0.3 is 4.42 Å². The van der Waals surface area contributed by atoms with Crippen molar-refractivity contribution in [2.75, 3.05) is 4.72 Å². The Morgan fingerprint density at radius 1 is 0.944 bits per heavy atom. The van der Waals surface area contributed by atoms with Gasteiger partial charge in [-0.1, -0.05) is 38.8 Å². The van der Waals surface area contributed by atoms with Crippen LogP contribution >= 0.6 is 31.9 Å². The van der Waals surface area contributed by atoms with E-state index in [-0.39, 0.29) is 26.8 Å². The summed E-state index contributed by atoms with van der Waals surface area (Å²) in [6.07, 6.45) is 0.431. The molecule has 1 aromatic heterocycles. The number of benzene rings is 3. The van der Waals surface area contributed by atoms with Crippen LogP contribution in [0.5, 0.6) is 0 Å². The van der Waals surface area contributed by atoms with Gasteiger partial charge in [0, 0.05) is 38.1 Å². The van der Waals surface area contributed by atoms with Crippen LogP contribution in [-0.4, -0.2) is 22.6 Å². The summed E-state index contributed by atoms with van der Waals surface area (Å²) in [5.74, 6) is 0.208. The van der Waals surface area contributed by atoms with Crippen LogP contribution in [0.1, 0.15) is 34.2 Å². The normalized spacial score (nSPS) is 12.1. The third-order valence-electron chi connectivity index (χ3n) is 5.57. The average molecular weight is 656 g/mol. The number of furan rings is 1. The number of fused-ring (bicyclic) bond motifs is 1. The van der Waals surface area contributed by atoms with Gasteiger partial charge in [-0.15, -0.1) is 0 Å². The summed E-state index contributed by atoms with van der Waals surface area (Å²) in [5, 5.41) is 5.58. The lowest BCUT2D eigenvalue weighted by molar-refractivity contribution is 0.103. The van der Waals surface area contributed by atoms with Crippen LogP contribution < -0.4 is 9.86 Å². The molecule has 0 atom stereocenters. The molecule has 36 heavy (non-hydrogen) atoms. The number of rotatable bonds is 7. The number of nitrogens with one attached hydrogen (secondary N) is 1. The number of carbonyl (C=O) groups excluding carboxylic acids is 1. The van der Waals surface area contributed by atoms with E-state index in [0.29, 0.717) is 28.7 Å². The molecule has 0 spiro atoms. The van der Waals surface area contributed by atoms with Crippen LogP contribution in [0.25, 0.3) is 11.0 Å². The first-order valence-corrected chi connectivity index (χ1v) is 15.1. The Morgan fingerprint density at radius 3 is 2.08 bits per heavy atom. The van der Waals surface area contributed by atoms with Crippen molar-refractivity contribution in [1.29, 1.82) is 0 Å². The molecule has 188 valence electrons. The predicted octanol–water partition coefficient (Wildman–Crippen LogP) is 5.51. The Hall–Kier alpha value is -2.51. The molecule has 12 heteroatoms. The van der Waals surface area contributed by atoms with Crippen LogP contribution in [0, 0.1) is 6.92 Å². The van der Waals surface area contributed by atoms with Gasteiger partial charge >= 0.3 is 0 Å². The maximum absolute atomic E-state index is 13.5. The van der Waals surface area contributed by atoms with E-state index in [1.54, 1.807) is 18.2 Å². The summed E-state index contributed by atoms with van der Waals surface area (Å²) >= 11 is 6.94. The molecule has 0 aliphatic carbocycles. The molecular weight excluding hydrogens is 636 g/mol. The lowest BCUT2D eigenvalue weighted by Crippen LogP contribution is -2.14. The first kappa shape index (κ1) is 26.6. The maximum atomic E-state index is 13.5. The van der Waals surface area contributed by atoms with Gasteiger partial charge in [-0.2, -0.15) is 0 Å². The molecule has 0 unspecified atom stereocenters. The third kappa shape index (κ3) is 5.14. The van der Waals surface area contributed by atoms with E-state index in [1.165, 1.54) is 36.4 Å². The number of hydrogen-bond donors (Lipinski definition) is 2. The van der Waals surface area contributed by atoms with Gasteiger partial charge in [0.05, 0.1) is 15.4 Å². The first-order chi connectivity index (χ1) is 16.8. The van der Waals surface area contributed by atoms with Gasteiger partial charge in [0.2, 0.25) is 10.0 Å². The van der Waals surface area contributed by atoms with Gasteiger partial charge in [0.1, 0.15) is 11.3 Å². The molecule has 4 aromatic rings. The lowest BCUT2D eigenvalue weighted by Gasteiger charge is -2.09. The molecule has 3 N–H and O–H groups in total. The number of aryl methyl sites for hydroxylation is 1. The summed E-state index contributed by atoms with van der Waals surface area (Å²) < 4.78 is 58.6. The third-order valence-corrected chi connectivity index (χ3v) is 9.53. The van der Waals surface area contributed by atoms with Crippen molar-refractivity contribution >= 4 is 74.3 Å². The maximum Gasteiger partial charge on any atom is 0.262 e. The summed E-state index contributed by atoms with van der Waals surface area (Å²) in [5.41, 5.74) is 2.21. The molecule has 1 heterocycles. The zero-order chi connectivity index (χ0) is 26.4. The highest BCUT2D eigenvalue weighted by Crippen LogP contribution is 2.33. The van der Waals surface area contributed by atoms with Crippen molar-refractivity contribution in [3.63, 3.8) is 0 Å². The molecule has 0 saturated carbocycles. The van der Waals surface area contributed by atoms with E-state index in [9.17, 15) is 21.6 Å². The molecule has 8 nitrogen and oxygen atoms in total. The van der Waals surface area contributed by atoms with E-state index in [0.717, 1.165) is 14.5 Å². The highest BCUT2D eigenvalue weighted by Gasteiger charge is 2.24. The standard InChI is InChI=1S/C24H20Br2N2O6S2/c1-3-21-23(24(29)14-10-19(25)13(2)20(26)11-14)18-9-8-17(12-22(18)34-21)36(32,33)28-15-4-6-16(7-5-15)35(27,30)31/h4-12,28H,3H2,1-2H3,(H2,27,30,31). The smallest absolute Gasteiger partial charge is 0.262 e. The van der Waals surface area contributed by atoms with Gasteiger partial charge in [-0.25, -0.2) is 22.0 Å². The number of anilines is 1. The monoisotopic (exact) mass is 654 g/mol. The van der Waals surface area contributed by atoms with Crippen molar-refractivity contribution in [1.82, 2.24) is 0 Å². The molecule has 0 radical (unpaired) electrons. The Labute approximate surface area is 225 Å². The highest BCUT2D eigenvalue weighted by atomic mass is 79.9. The second-order valence-electron chi connectivity index (χ2n) is 7.98. The lowest BCUT2D eigenvalue weighted by atomic mass is 9.98. The highest BCUT2D eigenvalue weighted by molar-refractivity contribution is 9.11. The molecule has 0 saturated heterocycles. The zero-order valence-corrected chi connectivity index (χ0v) is 23.8. The van der Waals surface area contributed by atoms with Crippen LogP contribution in [-0.2, 0) is 26.5 Å². The average Bonchev–Trinajstić information content (AvgIpc) is 3.19. The quantitative estimate of drug-likeness (QED) is 0.252. The van der Waals surface area contributed by atoms with Crippen molar-refractivity contribution in [2.24, 2.45) is 5.14 Å². The Morgan fingerprint density at radius 2 is 1.53 bits per heavy atom. The number of ketones is 1. The fourth-order valence-electron chi connectivity index (χ4n) is 3.64. The Kier molecular flexibility index (Phi) is 7.19. The van der Waals surface area contributed by atoms with Crippen molar-refractivity contribution in [3.8, 4) is 0 Å². The minimum absolute atomic E-state index is 0.0817. The minimum atomic E-state index is -4.04. The number of nitrogens with two attached hydrogens (primary N) is 1. The number of hydrogen-bond acceptors (Lipinski definition) is 6. The largest absolute Gasteiger partial charge is 0.460 e. The molecule has 0 fully saturated rings.